The van der Waals surface area contributed by atoms with Crippen molar-refractivity contribution < 1.29 is 14.3 Å². The lowest BCUT2D eigenvalue weighted by Crippen LogP contribution is -2.46. The number of rotatable bonds is 6. The number of carbonyl (C=O) groups is 2. The predicted octanol–water partition coefficient (Wildman–Crippen LogP) is 0.124. The molecule has 0 aromatic carbocycles. The zero-order valence-electron chi connectivity index (χ0n) is 12.3. The van der Waals surface area contributed by atoms with Gasteiger partial charge in [0, 0.05) is 18.8 Å². The smallest absolute Gasteiger partial charge is 0.328 e. The fraction of sp³-hybridized carbons (Fsp3) is 0.615. The van der Waals surface area contributed by atoms with Gasteiger partial charge < -0.3 is 15.8 Å². The minimum Gasteiger partial charge on any atom is -0.467 e. The van der Waals surface area contributed by atoms with Gasteiger partial charge >= 0.3 is 5.97 Å². The highest BCUT2D eigenvalue weighted by molar-refractivity contribution is 5.88. The first-order chi connectivity index (χ1) is 9.35. The Hall–Kier alpha value is -1.89. The van der Waals surface area contributed by atoms with Crippen molar-refractivity contribution in [2.45, 2.75) is 32.4 Å². The number of hydrogen-bond acceptors (Lipinski definition) is 5. The third-order valence-corrected chi connectivity index (χ3v) is 2.88. The molecule has 112 valence electrons. The van der Waals surface area contributed by atoms with Crippen LogP contribution in [0.4, 0.5) is 0 Å². The molecule has 0 aliphatic rings. The largest absolute Gasteiger partial charge is 0.467 e. The molecule has 3 N–H and O–H groups in total. The Morgan fingerprint density at radius 1 is 1.50 bits per heavy atom. The van der Waals surface area contributed by atoms with Crippen LogP contribution in [0, 0.1) is 5.92 Å². The quantitative estimate of drug-likeness (QED) is 0.722. The van der Waals surface area contributed by atoms with Crippen molar-refractivity contribution in [1.82, 2.24) is 15.1 Å². The van der Waals surface area contributed by atoms with Crippen LogP contribution in [0.15, 0.2) is 12.4 Å². The summed E-state index contributed by atoms with van der Waals surface area (Å²) in [5, 5.41) is 6.59. The van der Waals surface area contributed by atoms with Gasteiger partial charge in [0.05, 0.1) is 13.3 Å². The summed E-state index contributed by atoms with van der Waals surface area (Å²) < 4.78 is 6.26. The van der Waals surface area contributed by atoms with Crippen molar-refractivity contribution in [3.63, 3.8) is 0 Å². The number of nitrogens with zero attached hydrogens (tertiary/aromatic N) is 2. The van der Waals surface area contributed by atoms with Gasteiger partial charge in [-0.1, -0.05) is 13.8 Å². The molecular weight excluding hydrogens is 260 g/mol. The zero-order chi connectivity index (χ0) is 15.3. The van der Waals surface area contributed by atoms with Crippen LogP contribution in [-0.4, -0.2) is 34.8 Å². The van der Waals surface area contributed by atoms with Crippen LogP contribution in [0.3, 0.4) is 0 Å². The molecule has 1 rings (SSSR count). The second-order valence-electron chi connectivity index (χ2n) is 5.14. The SMILES string of the molecule is COC(=O)C(CC(C)C)NC(=O)C(N)c1cnn(C)c1. The fourth-order valence-electron chi connectivity index (χ4n) is 1.84. The van der Waals surface area contributed by atoms with Gasteiger partial charge in [-0.05, 0) is 12.3 Å². The van der Waals surface area contributed by atoms with E-state index >= 15 is 0 Å². The number of carbonyl (C=O) groups excluding carboxylic acids is 2. The summed E-state index contributed by atoms with van der Waals surface area (Å²) in [5.41, 5.74) is 6.45. The van der Waals surface area contributed by atoms with E-state index in [9.17, 15) is 9.59 Å². The van der Waals surface area contributed by atoms with Gasteiger partial charge in [0.15, 0.2) is 0 Å². The topological polar surface area (TPSA) is 99.2 Å². The van der Waals surface area contributed by atoms with E-state index in [0.717, 1.165) is 0 Å². The average molecular weight is 282 g/mol. The van der Waals surface area contributed by atoms with Crippen molar-refractivity contribution in [3.05, 3.63) is 18.0 Å². The van der Waals surface area contributed by atoms with Crippen molar-refractivity contribution >= 4 is 11.9 Å². The van der Waals surface area contributed by atoms with E-state index in [0.29, 0.717) is 12.0 Å². The third-order valence-electron chi connectivity index (χ3n) is 2.88. The number of hydrogen-bond donors (Lipinski definition) is 2. The molecule has 20 heavy (non-hydrogen) atoms. The van der Waals surface area contributed by atoms with Gasteiger partial charge in [0.2, 0.25) is 5.91 Å². The van der Waals surface area contributed by atoms with Crippen molar-refractivity contribution in [3.8, 4) is 0 Å². The van der Waals surface area contributed by atoms with E-state index in [2.05, 4.69) is 10.4 Å². The molecule has 1 amide bonds. The molecule has 0 aliphatic carbocycles. The molecule has 0 radical (unpaired) electrons. The normalized spacial score (nSPS) is 13.9. The van der Waals surface area contributed by atoms with Gasteiger partial charge in [0.1, 0.15) is 12.1 Å². The Labute approximate surface area is 118 Å². The predicted molar refractivity (Wildman–Crippen MR) is 73.5 cm³/mol. The van der Waals surface area contributed by atoms with Crippen LogP contribution in [0.1, 0.15) is 31.9 Å². The lowest BCUT2D eigenvalue weighted by atomic mass is 10.0. The highest BCUT2D eigenvalue weighted by Gasteiger charge is 2.26. The number of amides is 1. The monoisotopic (exact) mass is 282 g/mol. The molecular formula is C13H22N4O3. The number of aromatic nitrogens is 2. The molecule has 0 saturated carbocycles. The van der Waals surface area contributed by atoms with E-state index in [1.54, 1.807) is 17.9 Å². The third kappa shape index (κ3) is 4.34. The van der Waals surface area contributed by atoms with E-state index in [4.69, 9.17) is 10.5 Å². The molecule has 1 aromatic heterocycles. The van der Waals surface area contributed by atoms with E-state index in [1.807, 2.05) is 13.8 Å². The van der Waals surface area contributed by atoms with Crippen LogP contribution >= 0.6 is 0 Å². The number of esters is 1. The second-order valence-corrected chi connectivity index (χ2v) is 5.14. The molecule has 0 spiro atoms. The lowest BCUT2D eigenvalue weighted by molar-refractivity contribution is -0.145. The van der Waals surface area contributed by atoms with Crippen molar-refractivity contribution in [2.24, 2.45) is 18.7 Å². The molecule has 0 saturated heterocycles. The maximum Gasteiger partial charge on any atom is 0.328 e. The van der Waals surface area contributed by atoms with Crippen LogP contribution in [0.2, 0.25) is 0 Å². The molecule has 1 aromatic rings. The maximum atomic E-state index is 12.1. The first-order valence-corrected chi connectivity index (χ1v) is 6.47. The highest BCUT2D eigenvalue weighted by atomic mass is 16.5. The summed E-state index contributed by atoms with van der Waals surface area (Å²) in [6, 6.07) is -1.54. The van der Waals surface area contributed by atoms with Crippen molar-refractivity contribution in [1.29, 1.82) is 0 Å². The van der Waals surface area contributed by atoms with Crippen LogP contribution in [0.25, 0.3) is 0 Å². The Morgan fingerprint density at radius 3 is 2.60 bits per heavy atom. The summed E-state index contributed by atoms with van der Waals surface area (Å²) >= 11 is 0. The number of nitrogens with one attached hydrogen (secondary N) is 1. The van der Waals surface area contributed by atoms with E-state index in [-0.39, 0.29) is 5.92 Å². The zero-order valence-corrected chi connectivity index (χ0v) is 12.3. The number of aryl methyl sites for hydroxylation is 1. The highest BCUT2D eigenvalue weighted by Crippen LogP contribution is 2.11. The average Bonchev–Trinajstić information content (AvgIpc) is 2.82. The van der Waals surface area contributed by atoms with Gasteiger partial charge in [-0.25, -0.2) is 4.79 Å². The number of ether oxygens (including phenoxy) is 1. The maximum absolute atomic E-state index is 12.1. The van der Waals surface area contributed by atoms with Gasteiger partial charge in [-0.3, -0.25) is 9.48 Å². The van der Waals surface area contributed by atoms with Crippen LogP contribution in [-0.2, 0) is 21.4 Å². The Balaban J connectivity index is 2.72. The Kier molecular flexibility index (Phi) is 5.69. The molecule has 2 unspecified atom stereocenters. The molecule has 1 heterocycles. The minimum absolute atomic E-state index is 0.244. The lowest BCUT2D eigenvalue weighted by Gasteiger charge is -2.20. The van der Waals surface area contributed by atoms with Crippen LogP contribution < -0.4 is 11.1 Å². The van der Waals surface area contributed by atoms with E-state index in [1.165, 1.54) is 13.3 Å². The Morgan fingerprint density at radius 2 is 2.15 bits per heavy atom. The summed E-state index contributed by atoms with van der Waals surface area (Å²) in [6.45, 7) is 3.92. The molecule has 0 bridgehead atoms. The summed E-state index contributed by atoms with van der Waals surface area (Å²) in [7, 11) is 3.03. The molecule has 0 fully saturated rings. The van der Waals surface area contributed by atoms with Gasteiger partial charge in [0.25, 0.3) is 0 Å². The summed E-state index contributed by atoms with van der Waals surface area (Å²) in [6.07, 6.45) is 3.69. The van der Waals surface area contributed by atoms with Crippen LogP contribution in [0.5, 0.6) is 0 Å². The summed E-state index contributed by atoms with van der Waals surface area (Å²) in [4.78, 5) is 23.7. The van der Waals surface area contributed by atoms with E-state index < -0.39 is 24.0 Å². The molecule has 0 aliphatic heterocycles. The molecule has 7 nitrogen and oxygen atoms in total. The van der Waals surface area contributed by atoms with Gasteiger partial charge in [-0.15, -0.1) is 0 Å². The minimum atomic E-state index is -0.858. The first kappa shape index (κ1) is 16.2. The number of methoxy groups -OCH3 is 1. The van der Waals surface area contributed by atoms with Gasteiger partial charge in [-0.2, -0.15) is 5.10 Å². The first-order valence-electron chi connectivity index (χ1n) is 6.47. The standard InChI is InChI=1S/C13H22N4O3/c1-8(2)5-10(13(19)20-4)16-12(18)11(14)9-6-15-17(3)7-9/h6-8,10-11H,5,14H2,1-4H3,(H,16,18). The fourth-order valence-corrected chi connectivity index (χ4v) is 1.84. The molecule has 2 atom stereocenters. The second kappa shape index (κ2) is 7.04. The van der Waals surface area contributed by atoms with Crippen molar-refractivity contribution in [2.75, 3.05) is 7.11 Å². The molecule has 7 heteroatoms. The number of nitrogens with two attached hydrogens (primary N) is 1. The summed E-state index contributed by atoms with van der Waals surface area (Å²) in [5.74, 6) is -0.645. The Bertz CT molecular complexity index is 470.